The van der Waals surface area contributed by atoms with Gasteiger partial charge < -0.3 is 5.73 Å². The lowest BCUT2D eigenvalue weighted by molar-refractivity contribution is 0.433. The molecule has 0 radical (unpaired) electrons. The maximum atomic E-state index is 6.20. The molecule has 1 aromatic rings. The summed E-state index contributed by atoms with van der Waals surface area (Å²) in [4.78, 5) is 0. The Morgan fingerprint density at radius 1 is 1.07 bits per heavy atom. The number of aryl methyl sites for hydroxylation is 2. The van der Waals surface area contributed by atoms with Crippen molar-refractivity contribution in [1.29, 1.82) is 0 Å². The molecule has 84 valence electrons. The quantitative estimate of drug-likeness (QED) is 0.804. The molecule has 0 bridgehead atoms. The van der Waals surface area contributed by atoms with Gasteiger partial charge in [0.25, 0.3) is 0 Å². The van der Waals surface area contributed by atoms with Crippen LogP contribution in [0.5, 0.6) is 0 Å². The van der Waals surface area contributed by atoms with Crippen LogP contribution in [-0.2, 0) is 0 Å². The van der Waals surface area contributed by atoms with E-state index in [4.69, 9.17) is 5.73 Å². The van der Waals surface area contributed by atoms with Gasteiger partial charge in [-0.15, -0.1) is 0 Å². The summed E-state index contributed by atoms with van der Waals surface area (Å²) >= 11 is 0. The lowest BCUT2D eigenvalue weighted by Gasteiger charge is -2.25. The summed E-state index contributed by atoms with van der Waals surface area (Å²) in [7, 11) is 0. The molecule has 0 saturated carbocycles. The fourth-order valence-electron chi connectivity index (χ4n) is 2.12. The topological polar surface area (TPSA) is 26.0 Å². The Morgan fingerprint density at radius 3 is 2.13 bits per heavy atom. The van der Waals surface area contributed by atoms with Crippen LogP contribution in [0.2, 0.25) is 0 Å². The molecule has 1 aromatic carbocycles. The highest BCUT2D eigenvalue weighted by Gasteiger charge is 2.19. The van der Waals surface area contributed by atoms with Crippen LogP contribution in [0.4, 0.5) is 0 Å². The van der Waals surface area contributed by atoms with E-state index in [0.29, 0.717) is 11.8 Å². The molecule has 1 nitrogen and oxygen atoms in total. The van der Waals surface area contributed by atoms with E-state index < -0.39 is 0 Å². The molecule has 15 heavy (non-hydrogen) atoms. The lowest BCUT2D eigenvalue weighted by atomic mass is 9.85. The fourth-order valence-corrected chi connectivity index (χ4v) is 2.12. The molecule has 1 heteroatoms. The average molecular weight is 205 g/mol. The van der Waals surface area contributed by atoms with E-state index in [0.717, 1.165) is 0 Å². The van der Waals surface area contributed by atoms with Gasteiger partial charge >= 0.3 is 0 Å². The van der Waals surface area contributed by atoms with Gasteiger partial charge in [0.2, 0.25) is 0 Å². The molecule has 0 heterocycles. The molecule has 0 aromatic heterocycles. The van der Waals surface area contributed by atoms with E-state index in [1.807, 2.05) is 0 Å². The summed E-state index contributed by atoms with van der Waals surface area (Å²) in [5, 5.41) is 0. The Morgan fingerprint density at radius 2 is 1.67 bits per heavy atom. The first-order valence-corrected chi connectivity index (χ1v) is 5.76. The number of rotatable bonds is 3. The zero-order chi connectivity index (χ0) is 11.6. The van der Waals surface area contributed by atoms with Crippen LogP contribution in [0.15, 0.2) is 18.2 Å². The van der Waals surface area contributed by atoms with Gasteiger partial charge in [-0.2, -0.15) is 0 Å². The van der Waals surface area contributed by atoms with Crippen molar-refractivity contribution in [2.75, 3.05) is 0 Å². The molecule has 0 fully saturated rings. The van der Waals surface area contributed by atoms with E-state index in [1.54, 1.807) is 0 Å². The van der Waals surface area contributed by atoms with Crippen LogP contribution in [0.1, 0.15) is 43.4 Å². The SMILES string of the molecule is Cc1ccc(C(C)C(N)C(C)C)c(C)c1. The summed E-state index contributed by atoms with van der Waals surface area (Å²) in [5.41, 5.74) is 10.3. The van der Waals surface area contributed by atoms with Crippen molar-refractivity contribution < 1.29 is 0 Å². The molecule has 0 spiro atoms. The Bertz CT molecular complexity index is 328. The van der Waals surface area contributed by atoms with Gasteiger partial charge in [0, 0.05) is 6.04 Å². The molecular weight excluding hydrogens is 182 g/mol. The molecule has 0 amide bonds. The molecule has 2 N–H and O–H groups in total. The predicted octanol–water partition coefficient (Wildman–Crippen LogP) is 3.39. The monoisotopic (exact) mass is 205 g/mol. The highest BCUT2D eigenvalue weighted by atomic mass is 14.7. The van der Waals surface area contributed by atoms with Crippen molar-refractivity contribution in [3.05, 3.63) is 34.9 Å². The van der Waals surface area contributed by atoms with Gasteiger partial charge in [0.05, 0.1) is 0 Å². The number of hydrogen-bond donors (Lipinski definition) is 1. The van der Waals surface area contributed by atoms with E-state index in [2.05, 4.69) is 52.8 Å². The van der Waals surface area contributed by atoms with E-state index in [9.17, 15) is 0 Å². The molecule has 2 atom stereocenters. The summed E-state index contributed by atoms with van der Waals surface area (Å²) in [6.45, 7) is 10.9. The van der Waals surface area contributed by atoms with Crippen molar-refractivity contribution in [1.82, 2.24) is 0 Å². The first-order valence-electron chi connectivity index (χ1n) is 5.76. The van der Waals surface area contributed by atoms with Crippen molar-refractivity contribution in [3.63, 3.8) is 0 Å². The van der Waals surface area contributed by atoms with Crippen LogP contribution >= 0.6 is 0 Å². The Labute approximate surface area is 93.7 Å². The average Bonchev–Trinajstić information content (AvgIpc) is 2.15. The number of hydrogen-bond acceptors (Lipinski definition) is 1. The van der Waals surface area contributed by atoms with Gasteiger partial charge in [0.1, 0.15) is 0 Å². The highest BCUT2D eigenvalue weighted by Crippen LogP contribution is 2.25. The fraction of sp³-hybridized carbons (Fsp3) is 0.571. The van der Waals surface area contributed by atoms with Gasteiger partial charge in [-0.1, -0.05) is 44.5 Å². The maximum absolute atomic E-state index is 6.20. The minimum atomic E-state index is 0.242. The Hall–Kier alpha value is -0.820. The number of benzene rings is 1. The van der Waals surface area contributed by atoms with Crippen molar-refractivity contribution in [3.8, 4) is 0 Å². The second-order valence-electron chi connectivity index (χ2n) is 4.97. The summed E-state index contributed by atoms with van der Waals surface area (Å²) in [6, 6.07) is 6.87. The summed E-state index contributed by atoms with van der Waals surface area (Å²) in [5.74, 6) is 0.964. The van der Waals surface area contributed by atoms with Gasteiger partial charge in [0.15, 0.2) is 0 Å². The first kappa shape index (κ1) is 12.3. The molecule has 1 rings (SSSR count). The van der Waals surface area contributed by atoms with E-state index >= 15 is 0 Å². The van der Waals surface area contributed by atoms with Crippen LogP contribution in [0.3, 0.4) is 0 Å². The minimum Gasteiger partial charge on any atom is -0.327 e. The molecule has 0 saturated heterocycles. The molecule has 0 aliphatic heterocycles. The van der Waals surface area contributed by atoms with Gasteiger partial charge in [-0.05, 0) is 36.8 Å². The van der Waals surface area contributed by atoms with Gasteiger partial charge in [-0.25, -0.2) is 0 Å². The molecular formula is C14H23N. The summed E-state index contributed by atoms with van der Waals surface area (Å²) < 4.78 is 0. The zero-order valence-corrected chi connectivity index (χ0v) is 10.5. The zero-order valence-electron chi connectivity index (χ0n) is 10.5. The highest BCUT2D eigenvalue weighted by molar-refractivity contribution is 5.33. The lowest BCUT2D eigenvalue weighted by Crippen LogP contribution is -2.32. The first-order chi connectivity index (χ1) is 6.93. The summed E-state index contributed by atoms with van der Waals surface area (Å²) in [6.07, 6.45) is 0. The molecule has 0 aliphatic rings. The predicted molar refractivity (Wildman–Crippen MR) is 67.1 cm³/mol. The third-order valence-electron chi connectivity index (χ3n) is 3.26. The number of nitrogens with two attached hydrogens (primary N) is 1. The Kier molecular flexibility index (Phi) is 3.92. The van der Waals surface area contributed by atoms with Crippen molar-refractivity contribution in [2.45, 2.75) is 46.6 Å². The minimum absolute atomic E-state index is 0.242. The van der Waals surface area contributed by atoms with E-state index in [1.165, 1.54) is 16.7 Å². The maximum Gasteiger partial charge on any atom is 0.0128 e. The second kappa shape index (κ2) is 4.80. The largest absolute Gasteiger partial charge is 0.327 e. The van der Waals surface area contributed by atoms with Crippen LogP contribution in [0.25, 0.3) is 0 Å². The third-order valence-corrected chi connectivity index (χ3v) is 3.26. The van der Waals surface area contributed by atoms with Crippen LogP contribution in [-0.4, -0.2) is 6.04 Å². The van der Waals surface area contributed by atoms with Crippen molar-refractivity contribution >= 4 is 0 Å². The van der Waals surface area contributed by atoms with E-state index in [-0.39, 0.29) is 6.04 Å². The normalized spacial score (nSPS) is 15.4. The van der Waals surface area contributed by atoms with Crippen LogP contribution < -0.4 is 5.73 Å². The standard InChI is InChI=1S/C14H23N/c1-9(2)14(15)12(5)13-7-6-10(3)8-11(13)4/h6-9,12,14H,15H2,1-5H3. The third kappa shape index (κ3) is 2.82. The molecule has 2 unspecified atom stereocenters. The molecule has 0 aliphatic carbocycles. The van der Waals surface area contributed by atoms with Gasteiger partial charge in [-0.3, -0.25) is 0 Å². The Balaban J connectivity index is 2.96. The van der Waals surface area contributed by atoms with Crippen molar-refractivity contribution in [2.24, 2.45) is 11.7 Å². The second-order valence-corrected chi connectivity index (χ2v) is 4.97. The van der Waals surface area contributed by atoms with Crippen LogP contribution in [0, 0.1) is 19.8 Å². The smallest absolute Gasteiger partial charge is 0.0128 e.